The topological polar surface area (TPSA) is 179 Å². The molecule has 12 nitrogen and oxygen atoms in total. The second kappa shape index (κ2) is 13.4. The zero-order valence-electron chi connectivity index (χ0n) is 22.4. The Morgan fingerprint density at radius 1 is 1.00 bits per heavy atom. The Morgan fingerprint density at radius 3 is 2.41 bits per heavy atom. The van der Waals surface area contributed by atoms with Crippen LogP contribution in [0.15, 0.2) is 54.2 Å². The van der Waals surface area contributed by atoms with Crippen molar-refractivity contribution in [1.29, 1.82) is 0 Å². The number of aliphatic carboxylic acids is 1. The smallest absolute Gasteiger partial charge is 0.328 e. The first kappa shape index (κ1) is 29.1. The second-order valence-electron chi connectivity index (χ2n) is 9.14. The number of aryl methyl sites for hydroxylation is 3. The van der Waals surface area contributed by atoms with Crippen LogP contribution in [-0.2, 0) is 11.2 Å². The Labute approximate surface area is 239 Å². The molecule has 1 aromatic carbocycles. The van der Waals surface area contributed by atoms with Crippen LogP contribution in [0.2, 0.25) is 0 Å². The van der Waals surface area contributed by atoms with Gasteiger partial charge < -0.3 is 26.2 Å². The molecule has 2 amide bonds. The van der Waals surface area contributed by atoms with Crippen LogP contribution >= 0.6 is 11.3 Å². The van der Waals surface area contributed by atoms with Crippen LogP contribution in [0.3, 0.4) is 0 Å². The number of carbonyl (C=O) groups is 3. The van der Waals surface area contributed by atoms with E-state index in [1.807, 2.05) is 6.07 Å². The number of carbonyl (C=O) groups excluding carboxylic acids is 2. The van der Waals surface area contributed by atoms with E-state index in [1.165, 1.54) is 11.3 Å². The van der Waals surface area contributed by atoms with Crippen LogP contribution < -0.4 is 16.0 Å². The number of hydrogen-bond donors (Lipinski definition) is 5. The molecule has 0 aliphatic carbocycles. The van der Waals surface area contributed by atoms with E-state index in [9.17, 15) is 24.6 Å². The number of rotatable bonds is 12. The van der Waals surface area contributed by atoms with Gasteiger partial charge in [-0.2, -0.15) is 0 Å². The largest absolute Gasteiger partial charge is 0.508 e. The number of amides is 2. The van der Waals surface area contributed by atoms with Crippen LogP contribution in [0.4, 0.5) is 5.95 Å². The van der Waals surface area contributed by atoms with Gasteiger partial charge in [-0.15, -0.1) is 11.3 Å². The molecule has 3 aromatic heterocycles. The van der Waals surface area contributed by atoms with Crippen molar-refractivity contribution < 1.29 is 24.6 Å². The van der Waals surface area contributed by atoms with Gasteiger partial charge in [0.1, 0.15) is 22.5 Å². The predicted molar refractivity (Wildman–Crippen MR) is 153 cm³/mol. The van der Waals surface area contributed by atoms with E-state index >= 15 is 0 Å². The molecule has 13 heteroatoms. The molecule has 0 aliphatic heterocycles. The molecule has 4 rings (SSSR count). The molecule has 1 atom stereocenters. The molecule has 0 saturated heterocycles. The van der Waals surface area contributed by atoms with Gasteiger partial charge in [0.2, 0.25) is 5.95 Å². The molecule has 212 valence electrons. The molecule has 0 unspecified atom stereocenters. The molecule has 4 aromatic rings. The molecule has 0 radical (unpaired) electrons. The highest BCUT2D eigenvalue weighted by Crippen LogP contribution is 2.22. The number of nitrogens with zero attached hydrogens (tertiary/aromatic N) is 4. The summed E-state index contributed by atoms with van der Waals surface area (Å²) in [7, 11) is 0. The fraction of sp³-hybridized carbons (Fsp3) is 0.250. The number of carboxylic acids is 1. The average Bonchev–Trinajstić information content (AvgIpc) is 3.44. The minimum Gasteiger partial charge on any atom is -0.508 e. The minimum atomic E-state index is -1.39. The number of phenols is 1. The molecular formula is C28H29N7O5S. The van der Waals surface area contributed by atoms with Crippen LogP contribution in [0, 0.1) is 13.8 Å². The molecule has 41 heavy (non-hydrogen) atoms. The van der Waals surface area contributed by atoms with Gasteiger partial charge in [-0.25, -0.2) is 19.7 Å². The first-order valence-electron chi connectivity index (χ1n) is 12.8. The van der Waals surface area contributed by atoms with E-state index < -0.39 is 23.8 Å². The molecule has 0 fully saturated rings. The number of thiazole rings is 1. The number of carboxylic acid groups (broad SMARTS) is 1. The first-order valence-corrected chi connectivity index (χ1v) is 13.6. The summed E-state index contributed by atoms with van der Waals surface area (Å²) in [4.78, 5) is 54.4. The van der Waals surface area contributed by atoms with Gasteiger partial charge in [0.05, 0.1) is 17.0 Å². The van der Waals surface area contributed by atoms with E-state index in [1.54, 1.807) is 62.0 Å². The van der Waals surface area contributed by atoms with Crippen LogP contribution in [0.5, 0.6) is 5.75 Å². The monoisotopic (exact) mass is 575 g/mol. The lowest BCUT2D eigenvalue weighted by Gasteiger charge is -2.17. The molecule has 0 spiro atoms. The maximum Gasteiger partial charge on any atom is 0.328 e. The van der Waals surface area contributed by atoms with Crippen molar-refractivity contribution in [3.05, 3.63) is 82.4 Å². The molecular weight excluding hydrogens is 546 g/mol. The number of hydrogen-bond acceptors (Lipinski definition) is 10. The molecule has 3 heterocycles. The normalized spacial score (nSPS) is 11.5. The maximum atomic E-state index is 13.0. The minimum absolute atomic E-state index is 0.141. The number of pyridine rings is 1. The van der Waals surface area contributed by atoms with Crippen molar-refractivity contribution in [3.8, 4) is 16.3 Å². The summed E-state index contributed by atoms with van der Waals surface area (Å²) in [6.07, 6.45) is 4.76. The van der Waals surface area contributed by atoms with Crippen LogP contribution in [0.1, 0.15) is 44.2 Å². The number of aromatic nitrogens is 4. The van der Waals surface area contributed by atoms with Gasteiger partial charge in [0.15, 0.2) is 0 Å². The van der Waals surface area contributed by atoms with E-state index in [0.717, 1.165) is 24.0 Å². The van der Waals surface area contributed by atoms with Crippen LogP contribution in [-0.4, -0.2) is 67.1 Å². The maximum absolute atomic E-state index is 13.0. The average molecular weight is 576 g/mol. The quantitative estimate of drug-likeness (QED) is 0.158. The summed E-state index contributed by atoms with van der Waals surface area (Å²) in [5, 5.41) is 29.6. The second-order valence-corrected chi connectivity index (χ2v) is 10.00. The van der Waals surface area contributed by atoms with Crippen molar-refractivity contribution in [2.45, 2.75) is 32.7 Å². The van der Waals surface area contributed by atoms with Crippen LogP contribution in [0.25, 0.3) is 10.6 Å². The number of nitrogens with one attached hydrogen (secondary N) is 3. The Bertz CT molecular complexity index is 1520. The lowest BCUT2D eigenvalue weighted by molar-refractivity contribution is -0.139. The summed E-state index contributed by atoms with van der Waals surface area (Å²) >= 11 is 1.28. The highest BCUT2D eigenvalue weighted by Gasteiger charge is 2.25. The Hall–Kier alpha value is -4.91. The number of phenolic OH excluding ortho intramolecular Hbond substituents is 1. The van der Waals surface area contributed by atoms with Gasteiger partial charge in [-0.1, -0.05) is 12.1 Å². The third-order valence-electron chi connectivity index (χ3n) is 6.07. The van der Waals surface area contributed by atoms with E-state index in [0.29, 0.717) is 28.9 Å². The SMILES string of the molecule is Cc1nc(NCCCc2cccc(O)c2)nc(C)c1C(=O)N[C@@H](CNC(=O)c1csc(-c2ccncc2)n1)C(=O)O. The number of benzene rings is 1. The van der Waals surface area contributed by atoms with Gasteiger partial charge in [0.25, 0.3) is 11.8 Å². The molecule has 0 bridgehead atoms. The lowest BCUT2D eigenvalue weighted by atomic mass is 10.1. The Balaban J connectivity index is 1.32. The molecule has 5 N–H and O–H groups in total. The molecule has 0 saturated carbocycles. The van der Waals surface area contributed by atoms with Gasteiger partial charge in [-0.05, 0) is 56.5 Å². The Morgan fingerprint density at radius 2 is 1.73 bits per heavy atom. The van der Waals surface area contributed by atoms with E-state index in [4.69, 9.17) is 0 Å². The molecule has 0 aliphatic rings. The lowest BCUT2D eigenvalue weighted by Crippen LogP contribution is -2.48. The summed E-state index contributed by atoms with van der Waals surface area (Å²) in [5.41, 5.74) is 2.88. The van der Waals surface area contributed by atoms with Gasteiger partial charge >= 0.3 is 5.97 Å². The van der Waals surface area contributed by atoms with Gasteiger partial charge in [0, 0.05) is 36.4 Å². The summed E-state index contributed by atoms with van der Waals surface area (Å²) in [6, 6.07) is 9.22. The standard InChI is InChI=1S/C28H29N7O5S/c1-16-23(17(2)33-28(32-16)30-10-4-6-18-5-3-7-20(36)13-18)25(38)34-21(27(39)40)14-31-24(37)22-15-41-26(35-22)19-8-11-29-12-9-19/h3,5,7-9,11-13,15,21,36H,4,6,10,14H2,1-2H3,(H,31,37)(H,34,38)(H,39,40)(H,30,32,33)/t21-/m0/s1. The van der Waals surface area contributed by atoms with Crippen molar-refractivity contribution in [2.75, 3.05) is 18.4 Å². The zero-order chi connectivity index (χ0) is 29.4. The third-order valence-corrected chi connectivity index (χ3v) is 6.96. The van der Waals surface area contributed by atoms with E-state index in [-0.39, 0.29) is 23.6 Å². The summed E-state index contributed by atoms with van der Waals surface area (Å²) in [6.45, 7) is 3.51. The summed E-state index contributed by atoms with van der Waals surface area (Å²) < 4.78 is 0. The number of anilines is 1. The zero-order valence-corrected chi connectivity index (χ0v) is 23.2. The Kier molecular flexibility index (Phi) is 9.53. The fourth-order valence-electron chi connectivity index (χ4n) is 4.05. The highest BCUT2D eigenvalue weighted by atomic mass is 32.1. The van der Waals surface area contributed by atoms with Crippen molar-refractivity contribution >= 4 is 35.1 Å². The predicted octanol–water partition coefficient (Wildman–Crippen LogP) is 2.98. The van der Waals surface area contributed by atoms with Crippen molar-refractivity contribution in [1.82, 2.24) is 30.6 Å². The summed E-state index contributed by atoms with van der Waals surface area (Å²) in [5.74, 6) is -1.95. The van der Waals surface area contributed by atoms with E-state index in [2.05, 4.69) is 35.9 Å². The highest BCUT2D eigenvalue weighted by molar-refractivity contribution is 7.13. The van der Waals surface area contributed by atoms with Crippen molar-refractivity contribution in [3.63, 3.8) is 0 Å². The number of aromatic hydroxyl groups is 1. The third kappa shape index (κ3) is 7.82. The first-order chi connectivity index (χ1) is 19.7. The van der Waals surface area contributed by atoms with Gasteiger partial charge in [-0.3, -0.25) is 14.6 Å². The van der Waals surface area contributed by atoms with Crippen molar-refractivity contribution in [2.24, 2.45) is 0 Å². The fourth-order valence-corrected chi connectivity index (χ4v) is 4.86.